The van der Waals surface area contributed by atoms with Crippen molar-refractivity contribution >= 4 is 23.9 Å². The second-order valence-corrected chi connectivity index (χ2v) is 8.30. The molecule has 1 heterocycles. The van der Waals surface area contributed by atoms with E-state index in [0.29, 0.717) is 0 Å². The first-order valence-electron chi connectivity index (χ1n) is 8.73. The van der Waals surface area contributed by atoms with E-state index in [-0.39, 0.29) is 23.2 Å². The molecule has 4 N–H and O–H groups in total. The maximum absolute atomic E-state index is 11.0. The Morgan fingerprint density at radius 2 is 1.32 bits per heavy atom. The van der Waals surface area contributed by atoms with E-state index in [2.05, 4.69) is 39.6 Å². The summed E-state index contributed by atoms with van der Waals surface area (Å²) in [5.41, 5.74) is -2.57. The number of carbonyl (C=O) groups excluding carboxylic acids is 1. The summed E-state index contributed by atoms with van der Waals surface area (Å²) in [5.74, 6) is -5.19. The zero-order valence-electron chi connectivity index (χ0n) is 17.2. The number of carboxylic acids is 3. The van der Waals surface area contributed by atoms with Crippen molar-refractivity contribution < 1.29 is 44.3 Å². The van der Waals surface area contributed by atoms with Gasteiger partial charge in [0.1, 0.15) is 6.10 Å². The summed E-state index contributed by atoms with van der Waals surface area (Å²) < 4.78 is 5.35. The molecule has 162 valence electrons. The largest absolute Gasteiger partial charge is 0.481 e. The van der Waals surface area contributed by atoms with E-state index in [4.69, 9.17) is 25.2 Å². The zero-order chi connectivity index (χ0) is 22.5. The van der Waals surface area contributed by atoms with Gasteiger partial charge in [0.2, 0.25) is 0 Å². The van der Waals surface area contributed by atoms with E-state index in [0.717, 1.165) is 12.8 Å². The Kier molecular flexibility index (Phi) is 8.60. The summed E-state index contributed by atoms with van der Waals surface area (Å²) in [4.78, 5) is 43.8. The van der Waals surface area contributed by atoms with Crippen LogP contribution in [0.2, 0.25) is 0 Å². The summed E-state index contributed by atoms with van der Waals surface area (Å²) in [6.45, 7) is 10.3. The molecule has 10 nitrogen and oxygen atoms in total. The maximum Gasteiger partial charge on any atom is 0.336 e. The van der Waals surface area contributed by atoms with E-state index in [9.17, 15) is 19.2 Å². The molecule has 1 aliphatic rings. The molecule has 0 atom stereocenters. The number of nitrogens with zero attached hydrogens (tertiary/aromatic N) is 1. The van der Waals surface area contributed by atoms with Crippen molar-refractivity contribution in [1.82, 2.24) is 4.90 Å². The van der Waals surface area contributed by atoms with E-state index >= 15 is 0 Å². The van der Waals surface area contributed by atoms with Gasteiger partial charge in [0.15, 0.2) is 5.60 Å². The normalized spacial score (nSPS) is 19.1. The highest BCUT2D eigenvalue weighted by atomic mass is 16.5. The Morgan fingerprint density at radius 1 is 0.964 bits per heavy atom. The highest BCUT2D eigenvalue weighted by molar-refractivity contribution is 5.88. The number of rotatable bonds is 6. The monoisotopic (exact) mass is 405 g/mol. The number of hydrogen-bond acceptors (Lipinski definition) is 7. The van der Waals surface area contributed by atoms with Crippen molar-refractivity contribution in [2.75, 3.05) is 7.05 Å². The van der Waals surface area contributed by atoms with Crippen LogP contribution in [0.4, 0.5) is 0 Å². The van der Waals surface area contributed by atoms with Crippen molar-refractivity contribution in [3.63, 3.8) is 0 Å². The molecule has 1 aliphatic heterocycles. The molecule has 1 fully saturated rings. The Labute approximate surface area is 164 Å². The van der Waals surface area contributed by atoms with E-state index in [1.807, 2.05) is 0 Å². The summed E-state index contributed by atoms with van der Waals surface area (Å²) in [6.07, 6.45) is -0.411. The van der Waals surface area contributed by atoms with E-state index in [1.54, 1.807) is 0 Å². The molecule has 0 bridgehead atoms. The number of carboxylic acid groups (broad SMARTS) is 3. The quantitative estimate of drug-likeness (QED) is 0.468. The van der Waals surface area contributed by atoms with Gasteiger partial charge in [0, 0.05) is 30.8 Å². The first-order chi connectivity index (χ1) is 12.4. The van der Waals surface area contributed by atoms with Crippen LogP contribution in [-0.4, -0.2) is 79.0 Å². The lowest BCUT2D eigenvalue weighted by Crippen LogP contribution is -2.60. The van der Waals surface area contributed by atoms with Crippen LogP contribution in [0.1, 0.15) is 60.3 Å². The number of likely N-dealkylation sites (tertiary alicyclic amines) is 1. The molecule has 0 aromatic carbocycles. The number of aliphatic carboxylic acids is 3. The van der Waals surface area contributed by atoms with E-state index in [1.165, 1.54) is 6.92 Å². The number of piperidine rings is 1. The molecule has 10 heteroatoms. The van der Waals surface area contributed by atoms with Crippen molar-refractivity contribution in [2.24, 2.45) is 0 Å². The Hall–Kier alpha value is -2.20. The Morgan fingerprint density at radius 3 is 1.57 bits per heavy atom. The fraction of sp³-hybridized carbons (Fsp3) is 0.778. The van der Waals surface area contributed by atoms with Gasteiger partial charge in [-0.05, 0) is 34.7 Å². The molecule has 0 amide bonds. The minimum atomic E-state index is -2.74. The van der Waals surface area contributed by atoms with Crippen molar-refractivity contribution in [1.29, 1.82) is 0 Å². The van der Waals surface area contributed by atoms with Crippen LogP contribution in [0.3, 0.4) is 0 Å². The third-order valence-corrected chi connectivity index (χ3v) is 4.89. The predicted molar refractivity (Wildman–Crippen MR) is 97.8 cm³/mol. The Bertz CT molecular complexity index is 578. The third kappa shape index (κ3) is 7.81. The second kappa shape index (κ2) is 9.33. The van der Waals surface area contributed by atoms with Gasteiger partial charge in [-0.1, -0.05) is 0 Å². The van der Waals surface area contributed by atoms with Crippen molar-refractivity contribution in [2.45, 2.75) is 83.1 Å². The topological polar surface area (TPSA) is 162 Å². The average molecular weight is 405 g/mol. The molecule has 28 heavy (non-hydrogen) atoms. The zero-order valence-corrected chi connectivity index (χ0v) is 17.2. The number of ether oxygens (including phenoxy) is 1. The fourth-order valence-corrected chi connectivity index (χ4v) is 3.31. The molecule has 1 rings (SSSR count). The van der Waals surface area contributed by atoms with Crippen LogP contribution >= 0.6 is 0 Å². The summed E-state index contributed by atoms with van der Waals surface area (Å²) in [7, 11) is 2.14. The number of carbonyl (C=O) groups is 4. The van der Waals surface area contributed by atoms with Gasteiger partial charge in [0.05, 0.1) is 12.8 Å². The number of hydrogen-bond donors (Lipinski definition) is 4. The van der Waals surface area contributed by atoms with Gasteiger partial charge in [-0.25, -0.2) is 4.79 Å². The molecule has 0 aliphatic carbocycles. The lowest BCUT2D eigenvalue weighted by atomic mass is 9.79. The minimum absolute atomic E-state index is 0.0590. The fourth-order valence-electron chi connectivity index (χ4n) is 3.31. The van der Waals surface area contributed by atoms with Gasteiger partial charge < -0.3 is 25.2 Å². The smallest absolute Gasteiger partial charge is 0.336 e. The van der Waals surface area contributed by atoms with Crippen LogP contribution in [-0.2, 0) is 23.9 Å². The molecule has 0 unspecified atom stereocenters. The van der Waals surface area contributed by atoms with Gasteiger partial charge in [0.25, 0.3) is 0 Å². The van der Waals surface area contributed by atoms with Crippen LogP contribution in [0, 0.1) is 0 Å². The van der Waals surface area contributed by atoms with Gasteiger partial charge in [-0.2, -0.15) is 0 Å². The molecule has 0 saturated carbocycles. The maximum atomic E-state index is 11.0. The molecule has 0 spiro atoms. The van der Waals surface area contributed by atoms with Crippen LogP contribution in [0.5, 0.6) is 0 Å². The second-order valence-electron chi connectivity index (χ2n) is 8.30. The molecule has 0 aromatic rings. The molecule has 0 radical (unpaired) electrons. The standard InChI is InChI=1S/C12H23NO2.C6H8O7/c1-9(14)15-10-7-11(2,3)13(6)12(4,5)8-10;7-3(8)1-6(13,5(11)12)2-4(9)10/h10H,7-8H2,1-6H3;13H,1-2H2,(H,7,8)(H,9,10)(H,11,12). The Balaban J connectivity index is 0.000000528. The molecule has 0 aromatic heterocycles. The first-order valence-corrected chi connectivity index (χ1v) is 8.73. The highest BCUT2D eigenvalue weighted by Crippen LogP contribution is 2.38. The first kappa shape index (κ1) is 25.8. The van der Waals surface area contributed by atoms with Crippen LogP contribution in [0.15, 0.2) is 0 Å². The van der Waals surface area contributed by atoms with Crippen LogP contribution < -0.4 is 0 Å². The molecular formula is C18H31NO9. The summed E-state index contributed by atoms with van der Waals surface area (Å²) in [5, 5.41) is 33.8. The SMILES string of the molecule is CC(=O)OC1CC(C)(C)N(C)C(C)(C)C1.O=C(O)CC(O)(CC(=O)O)C(=O)O. The highest BCUT2D eigenvalue weighted by Gasteiger charge is 2.44. The lowest BCUT2D eigenvalue weighted by molar-refractivity contribution is -0.170. The minimum Gasteiger partial charge on any atom is -0.481 e. The molecule has 1 saturated heterocycles. The van der Waals surface area contributed by atoms with Crippen molar-refractivity contribution in [3.8, 4) is 0 Å². The van der Waals surface area contributed by atoms with Gasteiger partial charge in [-0.3, -0.25) is 19.3 Å². The third-order valence-electron chi connectivity index (χ3n) is 4.89. The lowest BCUT2D eigenvalue weighted by Gasteiger charge is -2.53. The predicted octanol–water partition coefficient (Wildman–Crippen LogP) is 0.952. The number of aliphatic hydroxyl groups is 1. The van der Waals surface area contributed by atoms with Crippen molar-refractivity contribution in [3.05, 3.63) is 0 Å². The van der Waals surface area contributed by atoms with Crippen LogP contribution in [0.25, 0.3) is 0 Å². The van der Waals surface area contributed by atoms with Gasteiger partial charge in [-0.15, -0.1) is 0 Å². The summed E-state index contributed by atoms with van der Waals surface area (Å²) in [6, 6.07) is 0. The average Bonchev–Trinajstić information content (AvgIpc) is 2.41. The summed E-state index contributed by atoms with van der Waals surface area (Å²) >= 11 is 0. The van der Waals surface area contributed by atoms with Gasteiger partial charge >= 0.3 is 23.9 Å². The number of esters is 1. The molecular weight excluding hydrogens is 374 g/mol. The van der Waals surface area contributed by atoms with E-state index < -0.39 is 36.4 Å².